The Labute approximate surface area is 137 Å². The maximum absolute atomic E-state index is 6.14. The molecule has 0 aromatic carbocycles. The predicted octanol–water partition coefficient (Wildman–Crippen LogP) is 6.08. The van der Waals surface area contributed by atoms with Crippen LogP contribution in [0.1, 0.15) is 29.1 Å². The van der Waals surface area contributed by atoms with E-state index in [1.165, 1.54) is 9.75 Å². The summed E-state index contributed by atoms with van der Waals surface area (Å²) in [5, 5.41) is 6.47. The lowest BCUT2D eigenvalue weighted by atomic mass is 10.2. The largest absolute Gasteiger partial charge is 0.305 e. The Balaban J connectivity index is 2.33. The van der Waals surface area contributed by atoms with Crippen LogP contribution in [0.3, 0.4) is 0 Å². The lowest BCUT2D eigenvalue weighted by Gasteiger charge is -2.16. The number of nitrogens with one attached hydrogen (secondary N) is 1. The summed E-state index contributed by atoms with van der Waals surface area (Å²) in [6.45, 7) is 3.16. The number of hydrogen-bond donors (Lipinski definition) is 1. The van der Waals surface area contributed by atoms with E-state index in [0.717, 1.165) is 26.2 Å². The maximum Gasteiger partial charge on any atom is 0.0888 e. The lowest BCUT2D eigenvalue weighted by Crippen LogP contribution is -2.21. The molecule has 18 heavy (non-hydrogen) atoms. The third-order valence-corrected chi connectivity index (χ3v) is 6.93. The topological polar surface area (TPSA) is 12.0 Å². The van der Waals surface area contributed by atoms with Gasteiger partial charge in [-0.05, 0) is 62.3 Å². The molecule has 0 bridgehead atoms. The zero-order chi connectivity index (χ0) is 13.1. The van der Waals surface area contributed by atoms with Gasteiger partial charge in [0.25, 0.3) is 0 Å². The van der Waals surface area contributed by atoms with E-state index in [9.17, 15) is 0 Å². The average molecular weight is 430 g/mol. The summed E-state index contributed by atoms with van der Waals surface area (Å²) >= 11 is 16.7. The molecule has 1 N–H and O–H groups in total. The summed E-state index contributed by atoms with van der Waals surface area (Å²) in [6.07, 6.45) is 1.11. The van der Waals surface area contributed by atoms with E-state index >= 15 is 0 Å². The molecule has 2 heterocycles. The molecule has 0 saturated carbocycles. The van der Waals surface area contributed by atoms with Crippen molar-refractivity contribution in [2.24, 2.45) is 0 Å². The minimum Gasteiger partial charge on any atom is -0.305 e. The molecule has 0 aliphatic carbocycles. The van der Waals surface area contributed by atoms with Crippen LogP contribution in [-0.2, 0) is 0 Å². The fourth-order valence-corrected chi connectivity index (χ4v) is 5.23. The Morgan fingerprint density at radius 1 is 1.44 bits per heavy atom. The molecule has 0 radical (unpaired) electrons. The summed E-state index contributed by atoms with van der Waals surface area (Å²) in [4.78, 5) is 2.54. The van der Waals surface area contributed by atoms with Crippen LogP contribution in [0.15, 0.2) is 25.8 Å². The van der Waals surface area contributed by atoms with Crippen LogP contribution < -0.4 is 5.32 Å². The first-order chi connectivity index (χ1) is 8.63. The Hall–Kier alpha value is 0.610. The van der Waals surface area contributed by atoms with Gasteiger partial charge in [-0.25, -0.2) is 0 Å². The number of hydrogen-bond acceptors (Lipinski definition) is 3. The molecule has 0 saturated heterocycles. The third-order valence-electron chi connectivity index (χ3n) is 2.45. The van der Waals surface area contributed by atoms with Crippen LogP contribution in [0.2, 0.25) is 5.02 Å². The molecule has 0 aliphatic rings. The van der Waals surface area contributed by atoms with Crippen molar-refractivity contribution in [1.29, 1.82) is 0 Å². The van der Waals surface area contributed by atoms with Crippen molar-refractivity contribution in [1.82, 2.24) is 5.32 Å². The van der Waals surface area contributed by atoms with Crippen LogP contribution in [0, 0.1) is 0 Å². The Morgan fingerprint density at radius 2 is 2.22 bits per heavy atom. The highest BCUT2D eigenvalue weighted by Gasteiger charge is 2.20. The molecule has 2 aromatic heterocycles. The van der Waals surface area contributed by atoms with E-state index in [2.05, 4.69) is 55.5 Å². The minimum absolute atomic E-state index is 0.216. The second kappa shape index (κ2) is 6.86. The zero-order valence-corrected chi connectivity index (χ0v) is 15.2. The monoisotopic (exact) mass is 427 g/mol. The van der Waals surface area contributed by atoms with E-state index in [0.29, 0.717) is 0 Å². The summed E-state index contributed by atoms with van der Waals surface area (Å²) in [5.41, 5.74) is 0. The third kappa shape index (κ3) is 3.38. The van der Waals surface area contributed by atoms with Gasteiger partial charge in [0, 0.05) is 14.2 Å². The van der Waals surface area contributed by atoms with Gasteiger partial charge in [0.1, 0.15) is 0 Å². The van der Waals surface area contributed by atoms with E-state index in [1.54, 1.807) is 22.7 Å². The second-order valence-electron chi connectivity index (χ2n) is 3.79. The summed E-state index contributed by atoms with van der Waals surface area (Å²) in [7, 11) is 0. The van der Waals surface area contributed by atoms with E-state index in [4.69, 9.17) is 11.6 Å². The molecule has 1 atom stereocenters. The van der Waals surface area contributed by atoms with Crippen LogP contribution in [0.4, 0.5) is 0 Å². The average Bonchev–Trinajstić information content (AvgIpc) is 2.88. The van der Waals surface area contributed by atoms with Gasteiger partial charge in [-0.1, -0.05) is 18.5 Å². The molecule has 0 fully saturated rings. The highest BCUT2D eigenvalue weighted by molar-refractivity contribution is 9.11. The van der Waals surface area contributed by atoms with Crippen molar-refractivity contribution in [2.45, 2.75) is 19.4 Å². The van der Waals surface area contributed by atoms with Crippen molar-refractivity contribution in [3.05, 3.63) is 40.5 Å². The molecule has 2 aromatic rings. The molecule has 0 spiro atoms. The molecule has 98 valence electrons. The molecular weight excluding hydrogens is 418 g/mol. The molecule has 0 aliphatic heterocycles. The highest BCUT2D eigenvalue weighted by atomic mass is 79.9. The molecule has 1 nitrogen and oxygen atoms in total. The Bertz CT molecular complexity index is 504. The standard InChI is InChI=1S/C12H12Br2ClNS2/c1-2-4-16-10(11-7(13)3-5-17-11)9-6-8(15)12(14)18-9/h3,5-6,10,16H,2,4H2,1H3. The molecular formula is C12H12Br2ClNS2. The Morgan fingerprint density at radius 3 is 2.72 bits per heavy atom. The number of thiophene rings is 2. The van der Waals surface area contributed by atoms with Crippen LogP contribution >= 0.6 is 66.1 Å². The van der Waals surface area contributed by atoms with Gasteiger partial charge in [0.15, 0.2) is 0 Å². The van der Waals surface area contributed by atoms with Crippen molar-refractivity contribution in [2.75, 3.05) is 6.54 Å². The van der Waals surface area contributed by atoms with Crippen molar-refractivity contribution < 1.29 is 0 Å². The SMILES string of the molecule is CCCNC(c1cc(Cl)c(Br)s1)c1sccc1Br. The predicted molar refractivity (Wildman–Crippen MR) is 89.2 cm³/mol. The Kier molecular flexibility index (Phi) is 5.72. The van der Waals surface area contributed by atoms with Crippen molar-refractivity contribution >= 4 is 66.1 Å². The van der Waals surface area contributed by atoms with Crippen molar-refractivity contribution in [3.8, 4) is 0 Å². The van der Waals surface area contributed by atoms with Gasteiger partial charge in [-0.15, -0.1) is 22.7 Å². The van der Waals surface area contributed by atoms with E-state index in [-0.39, 0.29) is 6.04 Å². The van der Waals surface area contributed by atoms with Gasteiger partial charge in [0.05, 0.1) is 14.9 Å². The van der Waals surface area contributed by atoms with Gasteiger partial charge >= 0.3 is 0 Å². The van der Waals surface area contributed by atoms with Gasteiger partial charge in [-0.2, -0.15) is 0 Å². The summed E-state index contributed by atoms with van der Waals surface area (Å²) < 4.78 is 2.15. The first-order valence-corrected chi connectivity index (χ1v) is 9.20. The zero-order valence-electron chi connectivity index (χ0n) is 9.67. The van der Waals surface area contributed by atoms with Crippen LogP contribution in [0.5, 0.6) is 0 Å². The maximum atomic E-state index is 6.14. The van der Waals surface area contributed by atoms with Crippen LogP contribution in [0.25, 0.3) is 0 Å². The quantitative estimate of drug-likeness (QED) is 0.608. The fourth-order valence-electron chi connectivity index (χ4n) is 1.63. The van der Waals surface area contributed by atoms with E-state index in [1.807, 2.05) is 6.07 Å². The smallest absolute Gasteiger partial charge is 0.0888 e. The lowest BCUT2D eigenvalue weighted by molar-refractivity contribution is 0.612. The fraction of sp³-hybridized carbons (Fsp3) is 0.333. The minimum atomic E-state index is 0.216. The molecule has 1 unspecified atom stereocenters. The normalized spacial score (nSPS) is 12.9. The number of rotatable bonds is 5. The first-order valence-electron chi connectivity index (χ1n) is 5.54. The van der Waals surface area contributed by atoms with E-state index < -0.39 is 0 Å². The first kappa shape index (κ1) is 15.0. The molecule has 2 rings (SSSR count). The van der Waals surface area contributed by atoms with Crippen LogP contribution in [-0.4, -0.2) is 6.54 Å². The summed E-state index contributed by atoms with van der Waals surface area (Å²) in [6, 6.07) is 4.34. The molecule has 0 amide bonds. The van der Waals surface area contributed by atoms with Gasteiger partial charge in [-0.3, -0.25) is 0 Å². The van der Waals surface area contributed by atoms with Crippen molar-refractivity contribution in [3.63, 3.8) is 0 Å². The molecule has 6 heteroatoms. The number of halogens is 3. The summed E-state index contributed by atoms with van der Waals surface area (Å²) in [5.74, 6) is 0. The van der Waals surface area contributed by atoms with Gasteiger partial charge < -0.3 is 5.32 Å². The second-order valence-corrected chi connectivity index (χ2v) is 8.40. The van der Waals surface area contributed by atoms with Gasteiger partial charge in [0.2, 0.25) is 0 Å². The highest BCUT2D eigenvalue weighted by Crippen LogP contribution is 2.40.